The van der Waals surface area contributed by atoms with E-state index in [4.69, 9.17) is 21.1 Å². The lowest BCUT2D eigenvalue weighted by atomic mass is 10.3. The summed E-state index contributed by atoms with van der Waals surface area (Å²) in [5, 5.41) is 0. The van der Waals surface area contributed by atoms with Gasteiger partial charge in [-0.05, 0) is 30.3 Å². The second kappa shape index (κ2) is 8.14. The highest BCUT2D eigenvalue weighted by atomic mass is 35.5. The number of benzene rings is 1. The topological polar surface area (TPSA) is 52.8 Å². The molecule has 1 aromatic carbocycles. The Hall–Kier alpha value is -1.67. The summed E-state index contributed by atoms with van der Waals surface area (Å²) in [4.78, 5) is 18.2. The van der Waals surface area contributed by atoms with Crippen LogP contribution in [0.5, 0.6) is 5.75 Å². The maximum Gasteiger partial charge on any atom is 0.253 e. The van der Waals surface area contributed by atoms with E-state index in [0.717, 1.165) is 20.8 Å². The van der Waals surface area contributed by atoms with Crippen LogP contribution in [-0.4, -0.2) is 31.3 Å². The summed E-state index contributed by atoms with van der Waals surface area (Å²) >= 11 is 8.78. The van der Waals surface area contributed by atoms with Crippen LogP contribution in [0, 0.1) is 0 Å². The lowest BCUT2D eigenvalue weighted by molar-refractivity contribution is -0.117. The van der Waals surface area contributed by atoms with Gasteiger partial charge in [0.2, 0.25) is 0 Å². The van der Waals surface area contributed by atoms with Crippen LogP contribution in [0.25, 0.3) is 10.2 Å². The van der Waals surface area contributed by atoms with Crippen LogP contribution in [0.4, 0.5) is 0 Å². The fraction of sp³-hybridized carbons (Fsp3) is 0.294. The summed E-state index contributed by atoms with van der Waals surface area (Å²) in [6.07, 6.45) is 0.249. The van der Waals surface area contributed by atoms with Gasteiger partial charge >= 0.3 is 0 Å². The minimum Gasteiger partial charge on any atom is -0.497 e. The molecule has 0 atom stereocenters. The summed E-state index contributed by atoms with van der Waals surface area (Å²) in [6, 6.07) is 9.47. The van der Waals surface area contributed by atoms with Crippen molar-refractivity contribution in [2.45, 2.75) is 13.0 Å². The Morgan fingerprint density at radius 1 is 1.24 bits per heavy atom. The van der Waals surface area contributed by atoms with Gasteiger partial charge in [0.15, 0.2) is 4.80 Å². The zero-order valence-electron chi connectivity index (χ0n) is 13.8. The minimum absolute atomic E-state index is 0.191. The van der Waals surface area contributed by atoms with Crippen molar-refractivity contribution in [3.05, 3.63) is 44.3 Å². The largest absolute Gasteiger partial charge is 0.497 e. The van der Waals surface area contributed by atoms with Gasteiger partial charge in [-0.25, -0.2) is 0 Å². The van der Waals surface area contributed by atoms with Crippen molar-refractivity contribution in [3.63, 3.8) is 0 Å². The molecule has 3 aromatic rings. The predicted octanol–water partition coefficient (Wildman–Crippen LogP) is 3.74. The smallest absolute Gasteiger partial charge is 0.253 e. The average Bonchev–Trinajstić information content (AvgIpc) is 3.15. The van der Waals surface area contributed by atoms with Gasteiger partial charge in [-0.3, -0.25) is 4.79 Å². The SMILES string of the molecule is COCCn1c(=NC(=O)Cc2ccc(Cl)s2)sc2cc(OC)ccc21. The number of nitrogens with zero attached hydrogens (tertiary/aromatic N) is 2. The Morgan fingerprint density at radius 3 is 2.76 bits per heavy atom. The quantitative estimate of drug-likeness (QED) is 0.637. The second-order valence-corrected chi connectivity index (χ2v) is 8.06. The van der Waals surface area contributed by atoms with Gasteiger partial charge in [0.05, 0.1) is 34.7 Å². The standard InChI is InChI=1S/C17H17ClN2O3S2/c1-22-8-7-20-13-5-3-11(23-2)9-14(13)25-17(20)19-16(21)10-12-4-6-15(18)24-12/h3-6,9H,7-8,10H2,1-2H3. The molecule has 0 unspecified atom stereocenters. The van der Waals surface area contributed by atoms with Crippen LogP contribution in [0.2, 0.25) is 4.34 Å². The number of thiophene rings is 1. The van der Waals surface area contributed by atoms with E-state index < -0.39 is 0 Å². The van der Waals surface area contributed by atoms with E-state index in [1.54, 1.807) is 20.3 Å². The molecule has 0 aliphatic heterocycles. The first-order valence-corrected chi connectivity index (χ1v) is 9.60. The predicted molar refractivity (Wildman–Crippen MR) is 102 cm³/mol. The van der Waals surface area contributed by atoms with Crippen LogP contribution in [0.15, 0.2) is 35.3 Å². The molecule has 2 heterocycles. The van der Waals surface area contributed by atoms with Gasteiger partial charge in [-0.1, -0.05) is 22.9 Å². The number of hydrogen-bond acceptors (Lipinski definition) is 5. The lowest BCUT2D eigenvalue weighted by Gasteiger charge is -2.05. The van der Waals surface area contributed by atoms with E-state index >= 15 is 0 Å². The number of hydrogen-bond donors (Lipinski definition) is 0. The number of halogens is 1. The molecule has 0 spiro atoms. The first-order valence-electron chi connectivity index (χ1n) is 7.59. The van der Waals surface area contributed by atoms with Crippen molar-refractivity contribution in [1.82, 2.24) is 4.57 Å². The van der Waals surface area contributed by atoms with Gasteiger partial charge in [0.1, 0.15) is 5.75 Å². The molecular weight excluding hydrogens is 380 g/mol. The van der Waals surface area contributed by atoms with Crippen molar-refractivity contribution < 1.29 is 14.3 Å². The summed E-state index contributed by atoms with van der Waals surface area (Å²) in [5.41, 5.74) is 1.01. The normalized spacial score (nSPS) is 12.0. The third-order valence-electron chi connectivity index (χ3n) is 3.58. The number of aromatic nitrogens is 1. The zero-order valence-corrected chi connectivity index (χ0v) is 16.2. The molecule has 132 valence electrons. The first kappa shape index (κ1) is 18.1. The Labute approximate surface area is 158 Å². The van der Waals surface area contributed by atoms with E-state index in [2.05, 4.69) is 4.99 Å². The lowest BCUT2D eigenvalue weighted by Crippen LogP contribution is -2.19. The first-order chi connectivity index (χ1) is 12.1. The number of carbonyl (C=O) groups excluding carboxylic acids is 1. The van der Waals surface area contributed by atoms with Gasteiger partial charge in [0.25, 0.3) is 5.91 Å². The number of carbonyl (C=O) groups is 1. The van der Waals surface area contributed by atoms with Crippen LogP contribution in [-0.2, 0) is 22.5 Å². The molecule has 0 radical (unpaired) electrons. The zero-order chi connectivity index (χ0) is 17.8. The van der Waals surface area contributed by atoms with Crippen molar-refractivity contribution >= 4 is 50.4 Å². The Bertz CT molecular complexity index is 958. The minimum atomic E-state index is -0.191. The molecule has 2 aromatic heterocycles. The number of thiazole rings is 1. The number of ether oxygens (including phenoxy) is 2. The highest BCUT2D eigenvalue weighted by molar-refractivity contribution is 7.16. The molecule has 0 saturated heterocycles. The maximum atomic E-state index is 12.4. The summed E-state index contributed by atoms with van der Waals surface area (Å²) < 4.78 is 14.2. The maximum absolute atomic E-state index is 12.4. The summed E-state index contributed by atoms with van der Waals surface area (Å²) in [6.45, 7) is 1.17. The Kier molecular flexibility index (Phi) is 5.90. The van der Waals surface area contributed by atoms with E-state index in [0.29, 0.717) is 22.3 Å². The highest BCUT2D eigenvalue weighted by Gasteiger charge is 2.10. The van der Waals surface area contributed by atoms with E-state index in [1.165, 1.54) is 22.7 Å². The molecule has 0 fully saturated rings. The van der Waals surface area contributed by atoms with Gasteiger partial charge in [-0.15, -0.1) is 11.3 Å². The van der Waals surface area contributed by atoms with E-state index in [-0.39, 0.29) is 12.3 Å². The molecule has 0 aliphatic carbocycles. The third-order valence-corrected chi connectivity index (χ3v) is 5.86. The Morgan fingerprint density at radius 2 is 2.08 bits per heavy atom. The van der Waals surface area contributed by atoms with Crippen molar-refractivity contribution in [3.8, 4) is 5.75 Å². The Balaban J connectivity index is 1.98. The highest BCUT2D eigenvalue weighted by Crippen LogP contribution is 2.24. The number of amides is 1. The van der Waals surface area contributed by atoms with Gasteiger partial charge in [0, 0.05) is 18.5 Å². The molecular formula is C17H17ClN2O3S2. The average molecular weight is 397 g/mol. The van der Waals surface area contributed by atoms with Gasteiger partial charge < -0.3 is 14.0 Å². The van der Waals surface area contributed by atoms with Crippen LogP contribution < -0.4 is 9.54 Å². The molecule has 5 nitrogen and oxygen atoms in total. The molecule has 25 heavy (non-hydrogen) atoms. The van der Waals surface area contributed by atoms with Crippen molar-refractivity contribution in [2.24, 2.45) is 4.99 Å². The molecule has 0 saturated carbocycles. The summed E-state index contributed by atoms with van der Waals surface area (Å²) in [5.74, 6) is 0.585. The van der Waals surface area contributed by atoms with Crippen molar-refractivity contribution in [2.75, 3.05) is 20.8 Å². The summed E-state index contributed by atoms with van der Waals surface area (Å²) in [7, 11) is 3.29. The molecule has 0 N–H and O–H groups in total. The number of fused-ring (bicyclic) bond motifs is 1. The number of rotatable bonds is 6. The number of methoxy groups -OCH3 is 2. The van der Waals surface area contributed by atoms with Crippen LogP contribution in [0.3, 0.4) is 0 Å². The molecule has 1 amide bonds. The molecule has 3 rings (SSSR count). The monoisotopic (exact) mass is 396 g/mol. The van der Waals surface area contributed by atoms with Crippen molar-refractivity contribution in [1.29, 1.82) is 0 Å². The van der Waals surface area contributed by atoms with E-state index in [1.807, 2.05) is 28.8 Å². The third kappa shape index (κ3) is 4.30. The molecule has 0 aliphatic rings. The van der Waals surface area contributed by atoms with Crippen LogP contribution in [0.1, 0.15) is 4.88 Å². The van der Waals surface area contributed by atoms with Crippen LogP contribution >= 0.6 is 34.3 Å². The fourth-order valence-electron chi connectivity index (χ4n) is 2.41. The molecule has 0 bridgehead atoms. The fourth-order valence-corrected chi connectivity index (χ4v) is 4.59. The van der Waals surface area contributed by atoms with E-state index in [9.17, 15) is 4.79 Å². The second-order valence-electron chi connectivity index (χ2n) is 5.25. The molecule has 8 heteroatoms. The van der Waals surface area contributed by atoms with Gasteiger partial charge in [-0.2, -0.15) is 4.99 Å².